The van der Waals surface area contributed by atoms with Crippen molar-refractivity contribution in [2.75, 3.05) is 12.3 Å². The Morgan fingerprint density at radius 1 is 1.40 bits per heavy atom. The summed E-state index contributed by atoms with van der Waals surface area (Å²) in [6.45, 7) is 0.562. The van der Waals surface area contributed by atoms with E-state index in [9.17, 15) is 0 Å². The van der Waals surface area contributed by atoms with Crippen molar-refractivity contribution in [3.8, 4) is 0 Å². The first-order valence-electron chi connectivity index (χ1n) is 2.92. The SMILES string of the molecule is NC=CCS(=S)C=CCN. The second-order valence-electron chi connectivity index (χ2n) is 1.58. The zero-order valence-electron chi connectivity index (χ0n) is 5.69. The predicted octanol–water partition coefficient (Wildman–Crippen LogP) is 0.0114. The molecular formula is C6H12N2S2. The fraction of sp³-hybridized carbons (Fsp3) is 0.333. The van der Waals surface area contributed by atoms with E-state index in [2.05, 4.69) is 0 Å². The number of hydrogen-bond donors (Lipinski definition) is 2. The molecule has 0 aromatic heterocycles. The highest BCUT2D eigenvalue weighted by atomic mass is 32.8. The van der Waals surface area contributed by atoms with Crippen molar-refractivity contribution >= 4 is 20.6 Å². The van der Waals surface area contributed by atoms with Crippen LogP contribution < -0.4 is 11.5 Å². The largest absolute Gasteiger partial charge is 0.405 e. The van der Waals surface area contributed by atoms with E-state index in [1.165, 1.54) is 6.20 Å². The molecule has 0 radical (unpaired) electrons. The number of rotatable bonds is 4. The molecule has 1 unspecified atom stereocenters. The maximum Gasteiger partial charge on any atom is 0.0215 e. The second kappa shape index (κ2) is 6.92. The molecule has 0 amide bonds. The first-order chi connectivity index (χ1) is 4.81. The van der Waals surface area contributed by atoms with E-state index in [0.29, 0.717) is 6.54 Å². The van der Waals surface area contributed by atoms with Crippen molar-refractivity contribution in [3.05, 3.63) is 23.8 Å². The van der Waals surface area contributed by atoms with Crippen LogP contribution in [0.15, 0.2) is 23.8 Å². The summed E-state index contributed by atoms with van der Waals surface area (Å²) in [7, 11) is -0.114. The van der Waals surface area contributed by atoms with Gasteiger partial charge in [0.05, 0.1) is 0 Å². The van der Waals surface area contributed by atoms with E-state index in [0.717, 1.165) is 5.75 Å². The van der Waals surface area contributed by atoms with Crippen LogP contribution in [0.3, 0.4) is 0 Å². The summed E-state index contributed by atoms with van der Waals surface area (Å²) in [6, 6.07) is 0. The van der Waals surface area contributed by atoms with Crippen molar-refractivity contribution in [2.24, 2.45) is 11.5 Å². The molecule has 0 spiro atoms. The Balaban J connectivity index is 3.53. The lowest BCUT2D eigenvalue weighted by molar-refractivity contribution is 1.26. The van der Waals surface area contributed by atoms with Gasteiger partial charge in [-0.25, -0.2) is 0 Å². The highest BCUT2D eigenvalue weighted by molar-refractivity contribution is 8.30. The van der Waals surface area contributed by atoms with Crippen LogP contribution >= 0.6 is 0 Å². The standard InChI is InChI=1S/C6H12N2S2/c7-3-1-5-10(9)6-2-4-8/h1-3,6H,4-5,7-8H2. The van der Waals surface area contributed by atoms with Crippen molar-refractivity contribution in [1.82, 2.24) is 0 Å². The molecule has 0 saturated carbocycles. The Kier molecular flexibility index (Phi) is 6.79. The minimum absolute atomic E-state index is 0.114. The minimum atomic E-state index is -0.114. The predicted molar refractivity (Wildman–Crippen MR) is 51.1 cm³/mol. The van der Waals surface area contributed by atoms with Gasteiger partial charge in [-0.15, -0.1) is 0 Å². The summed E-state index contributed by atoms with van der Waals surface area (Å²) in [5.74, 6) is 0.836. The summed E-state index contributed by atoms with van der Waals surface area (Å²) in [5.41, 5.74) is 10.4. The van der Waals surface area contributed by atoms with Gasteiger partial charge in [0.1, 0.15) is 0 Å². The highest BCUT2D eigenvalue weighted by Crippen LogP contribution is 1.85. The monoisotopic (exact) mass is 176 g/mol. The maximum atomic E-state index is 5.23. The molecule has 0 saturated heterocycles. The molecule has 0 bridgehead atoms. The molecule has 10 heavy (non-hydrogen) atoms. The van der Waals surface area contributed by atoms with Gasteiger partial charge in [-0.1, -0.05) is 21.6 Å². The van der Waals surface area contributed by atoms with Gasteiger partial charge in [0.2, 0.25) is 0 Å². The molecule has 0 fully saturated rings. The van der Waals surface area contributed by atoms with Crippen LogP contribution in [0, 0.1) is 0 Å². The first kappa shape index (κ1) is 9.81. The zero-order valence-corrected chi connectivity index (χ0v) is 7.33. The third-order valence-corrected chi connectivity index (χ3v) is 2.54. The van der Waals surface area contributed by atoms with E-state index >= 15 is 0 Å². The Morgan fingerprint density at radius 3 is 2.60 bits per heavy atom. The van der Waals surface area contributed by atoms with Gasteiger partial charge in [-0.05, 0) is 22.8 Å². The molecular weight excluding hydrogens is 164 g/mol. The van der Waals surface area contributed by atoms with E-state index in [1.807, 2.05) is 17.6 Å². The summed E-state index contributed by atoms with van der Waals surface area (Å²) < 4.78 is 0. The molecule has 4 N–H and O–H groups in total. The fourth-order valence-electron chi connectivity index (χ4n) is 0.369. The van der Waals surface area contributed by atoms with Crippen LogP contribution in [-0.2, 0) is 20.6 Å². The Bertz CT molecular complexity index is 152. The molecule has 0 aromatic rings. The lowest BCUT2D eigenvalue weighted by Crippen LogP contribution is -1.95. The van der Waals surface area contributed by atoms with Crippen molar-refractivity contribution in [2.45, 2.75) is 0 Å². The third-order valence-electron chi connectivity index (χ3n) is 0.781. The summed E-state index contributed by atoms with van der Waals surface area (Å²) >= 11 is 5.05. The molecule has 4 heteroatoms. The quantitative estimate of drug-likeness (QED) is 0.634. The van der Waals surface area contributed by atoms with Crippen LogP contribution in [0.1, 0.15) is 0 Å². The number of hydrogen-bond acceptors (Lipinski definition) is 3. The van der Waals surface area contributed by atoms with Gasteiger partial charge in [-0.2, -0.15) is 0 Å². The lowest BCUT2D eigenvalue weighted by atomic mass is 10.7. The average Bonchev–Trinajstić information content (AvgIpc) is 1.97. The van der Waals surface area contributed by atoms with Crippen LogP contribution in [0.2, 0.25) is 0 Å². The molecule has 0 rings (SSSR count). The van der Waals surface area contributed by atoms with Gasteiger partial charge in [0.15, 0.2) is 0 Å². The summed E-state index contributed by atoms with van der Waals surface area (Å²) in [5, 5.41) is 1.94. The molecule has 58 valence electrons. The van der Waals surface area contributed by atoms with Crippen molar-refractivity contribution in [3.63, 3.8) is 0 Å². The van der Waals surface area contributed by atoms with E-state index in [1.54, 1.807) is 0 Å². The molecule has 0 aromatic carbocycles. The highest BCUT2D eigenvalue weighted by Gasteiger charge is 1.81. The van der Waals surface area contributed by atoms with Gasteiger partial charge in [0, 0.05) is 12.3 Å². The van der Waals surface area contributed by atoms with Gasteiger partial charge in [-0.3, -0.25) is 0 Å². The molecule has 0 aliphatic rings. The normalized spacial score (nSPS) is 14.9. The Hall–Kier alpha value is -0.190. The molecule has 1 atom stereocenters. The second-order valence-corrected chi connectivity index (χ2v) is 4.23. The van der Waals surface area contributed by atoms with Crippen LogP contribution in [-0.4, -0.2) is 12.3 Å². The smallest absolute Gasteiger partial charge is 0.0215 e. The first-order valence-corrected chi connectivity index (χ1v) is 5.30. The van der Waals surface area contributed by atoms with Crippen molar-refractivity contribution < 1.29 is 0 Å². The summed E-state index contributed by atoms with van der Waals surface area (Å²) in [4.78, 5) is 0. The van der Waals surface area contributed by atoms with Gasteiger partial charge < -0.3 is 11.5 Å². The lowest BCUT2D eigenvalue weighted by Gasteiger charge is -1.90. The van der Waals surface area contributed by atoms with Crippen LogP contribution in [0.25, 0.3) is 0 Å². The Morgan fingerprint density at radius 2 is 2.10 bits per heavy atom. The zero-order chi connectivity index (χ0) is 7.82. The molecule has 0 aliphatic heterocycles. The van der Waals surface area contributed by atoms with Crippen LogP contribution in [0.5, 0.6) is 0 Å². The maximum absolute atomic E-state index is 5.23. The topological polar surface area (TPSA) is 52.0 Å². The molecule has 0 aliphatic carbocycles. The van der Waals surface area contributed by atoms with E-state index in [-0.39, 0.29) is 9.45 Å². The third kappa shape index (κ3) is 5.94. The van der Waals surface area contributed by atoms with E-state index in [4.69, 9.17) is 22.7 Å². The molecule has 2 nitrogen and oxygen atoms in total. The van der Waals surface area contributed by atoms with Crippen LogP contribution in [0.4, 0.5) is 0 Å². The number of nitrogens with two attached hydrogens (primary N) is 2. The summed E-state index contributed by atoms with van der Waals surface area (Å²) in [6.07, 6.45) is 5.25. The Labute approximate surface area is 68.6 Å². The molecule has 0 heterocycles. The van der Waals surface area contributed by atoms with E-state index < -0.39 is 0 Å². The van der Waals surface area contributed by atoms with Gasteiger partial charge in [0.25, 0.3) is 0 Å². The van der Waals surface area contributed by atoms with Gasteiger partial charge >= 0.3 is 0 Å². The average molecular weight is 176 g/mol. The minimum Gasteiger partial charge on any atom is -0.405 e. The fourth-order valence-corrected chi connectivity index (χ4v) is 1.58. The van der Waals surface area contributed by atoms with Crippen molar-refractivity contribution in [1.29, 1.82) is 0 Å².